The second kappa shape index (κ2) is 4.73. The third-order valence-electron chi connectivity index (χ3n) is 3.76. The fraction of sp³-hybridized carbons (Fsp3) is 0.0588. The SMILES string of the molecule is COc1ccc2c3[nH][nH]c(/N=C4/C=CC=CC4=O)c-3cc2c1. The summed E-state index contributed by atoms with van der Waals surface area (Å²) in [4.78, 5) is 16.2. The Bertz CT molecular complexity index is 940. The zero-order valence-corrected chi connectivity index (χ0v) is 11.9. The largest absolute Gasteiger partial charge is 0.497 e. The minimum atomic E-state index is -0.0944. The Morgan fingerprint density at radius 1 is 1.09 bits per heavy atom. The molecule has 5 heteroatoms. The Labute approximate surface area is 126 Å². The van der Waals surface area contributed by atoms with Crippen molar-refractivity contribution in [3.8, 4) is 17.0 Å². The molecular formula is C17H13N3O2. The molecule has 1 aromatic carbocycles. The van der Waals surface area contributed by atoms with Crippen LogP contribution in [0.3, 0.4) is 0 Å². The van der Waals surface area contributed by atoms with Crippen molar-refractivity contribution in [1.29, 1.82) is 0 Å². The molecule has 0 spiro atoms. The molecule has 0 bridgehead atoms. The lowest BCUT2D eigenvalue weighted by Crippen LogP contribution is -2.09. The van der Waals surface area contributed by atoms with Gasteiger partial charge in [0, 0.05) is 10.9 Å². The molecule has 2 aliphatic carbocycles. The van der Waals surface area contributed by atoms with Crippen molar-refractivity contribution in [1.82, 2.24) is 10.2 Å². The molecule has 2 N–H and O–H groups in total. The van der Waals surface area contributed by atoms with E-state index in [2.05, 4.69) is 15.2 Å². The number of carbonyl (C=O) groups excluding carboxylic acids is 1. The molecule has 0 aromatic heterocycles. The summed E-state index contributed by atoms with van der Waals surface area (Å²) in [6.45, 7) is 0. The number of ether oxygens (including phenoxy) is 1. The van der Waals surface area contributed by atoms with E-state index in [1.807, 2.05) is 24.3 Å². The van der Waals surface area contributed by atoms with Gasteiger partial charge in [0.2, 0.25) is 5.78 Å². The molecule has 1 aliphatic heterocycles. The van der Waals surface area contributed by atoms with Gasteiger partial charge in [-0.05, 0) is 41.8 Å². The fourth-order valence-electron chi connectivity index (χ4n) is 2.66. The highest BCUT2D eigenvalue weighted by molar-refractivity contribution is 6.49. The van der Waals surface area contributed by atoms with Crippen LogP contribution in [0.1, 0.15) is 0 Å². The summed E-state index contributed by atoms with van der Waals surface area (Å²) in [5.74, 6) is 1.36. The van der Waals surface area contributed by atoms with Crippen molar-refractivity contribution >= 4 is 28.1 Å². The zero-order valence-electron chi connectivity index (χ0n) is 11.9. The summed E-state index contributed by atoms with van der Waals surface area (Å²) in [6, 6.07) is 7.94. The number of hydrogen-bond donors (Lipinski definition) is 2. The van der Waals surface area contributed by atoms with Crippen molar-refractivity contribution in [3.63, 3.8) is 0 Å². The van der Waals surface area contributed by atoms with Gasteiger partial charge in [0.05, 0.1) is 12.8 Å². The highest BCUT2D eigenvalue weighted by Crippen LogP contribution is 2.39. The first-order chi connectivity index (χ1) is 10.8. The van der Waals surface area contributed by atoms with Crippen molar-refractivity contribution in [2.45, 2.75) is 0 Å². The molecule has 3 aliphatic rings. The van der Waals surface area contributed by atoms with Gasteiger partial charge in [-0.1, -0.05) is 12.2 Å². The first kappa shape index (κ1) is 12.6. The lowest BCUT2D eigenvalue weighted by atomic mass is 10.1. The molecule has 0 atom stereocenters. The van der Waals surface area contributed by atoms with Crippen molar-refractivity contribution in [2.24, 2.45) is 4.99 Å². The predicted molar refractivity (Wildman–Crippen MR) is 86.2 cm³/mol. The highest BCUT2D eigenvalue weighted by atomic mass is 16.5. The van der Waals surface area contributed by atoms with Crippen LogP contribution in [-0.4, -0.2) is 28.8 Å². The van der Waals surface area contributed by atoms with E-state index in [0.717, 1.165) is 27.8 Å². The second-order valence-electron chi connectivity index (χ2n) is 5.06. The summed E-state index contributed by atoms with van der Waals surface area (Å²) in [6.07, 6.45) is 6.73. The zero-order chi connectivity index (χ0) is 15.1. The minimum absolute atomic E-state index is 0.0944. The summed E-state index contributed by atoms with van der Waals surface area (Å²) in [5, 5.41) is 8.31. The first-order valence-corrected chi connectivity index (χ1v) is 6.91. The van der Waals surface area contributed by atoms with Crippen LogP contribution in [0.4, 0.5) is 5.82 Å². The third-order valence-corrected chi connectivity index (χ3v) is 3.76. The van der Waals surface area contributed by atoms with Gasteiger partial charge in [0.25, 0.3) is 0 Å². The number of methoxy groups -OCH3 is 1. The summed E-state index contributed by atoms with van der Waals surface area (Å²) < 4.78 is 5.25. The number of hydrogen-bond acceptors (Lipinski definition) is 3. The van der Waals surface area contributed by atoms with E-state index >= 15 is 0 Å². The average Bonchev–Trinajstić information content (AvgIpc) is 3.08. The molecule has 5 nitrogen and oxygen atoms in total. The third kappa shape index (κ3) is 1.87. The van der Waals surface area contributed by atoms with Crippen LogP contribution in [0.5, 0.6) is 5.75 Å². The molecule has 22 heavy (non-hydrogen) atoms. The van der Waals surface area contributed by atoms with Gasteiger partial charge in [-0.2, -0.15) is 0 Å². The first-order valence-electron chi connectivity index (χ1n) is 6.91. The number of aromatic nitrogens is 2. The number of H-pyrrole nitrogens is 2. The van der Waals surface area contributed by atoms with Crippen LogP contribution in [0, 0.1) is 0 Å². The number of nitrogens with one attached hydrogen (secondary N) is 2. The van der Waals surface area contributed by atoms with Gasteiger partial charge in [-0.15, -0.1) is 0 Å². The molecule has 0 amide bonds. The van der Waals surface area contributed by atoms with Crippen molar-refractivity contribution < 1.29 is 9.53 Å². The number of allylic oxidation sites excluding steroid dienone is 4. The Morgan fingerprint density at radius 2 is 1.95 bits per heavy atom. The van der Waals surface area contributed by atoms with E-state index in [-0.39, 0.29) is 5.78 Å². The molecule has 108 valence electrons. The van der Waals surface area contributed by atoms with E-state index in [1.54, 1.807) is 25.3 Å². The fourth-order valence-corrected chi connectivity index (χ4v) is 2.66. The Hall–Kier alpha value is -3.08. The molecule has 1 aromatic rings. The maximum Gasteiger partial charge on any atom is 0.204 e. The topological polar surface area (TPSA) is 70.2 Å². The number of aromatic amines is 2. The van der Waals surface area contributed by atoms with E-state index in [9.17, 15) is 4.79 Å². The Balaban J connectivity index is 1.85. The van der Waals surface area contributed by atoms with Gasteiger partial charge < -0.3 is 4.74 Å². The van der Waals surface area contributed by atoms with Gasteiger partial charge in [-0.25, -0.2) is 4.99 Å². The van der Waals surface area contributed by atoms with Crippen LogP contribution in [0.25, 0.3) is 22.0 Å². The van der Waals surface area contributed by atoms with Crippen LogP contribution < -0.4 is 4.74 Å². The van der Waals surface area contributed by atoms with Gasteiger partial charge in [0.15, 0.2) is 5.82 Å². The number of nitrogens with zero attached hydrogens (tertiary/aromatic N) is 1. The summed E-state index contributed by atoms with van der Waals surface area (Å²) in [7, 11) is 1.65. The number of rotatable bonds is 2. The number of aliphatic imine (C=N–C) groups is 1. The van der Waals surface area contributed by atoms with E-state index in [0.29, 0.717) is 11.5 Å². The van der Waals surface area contributed by atoms with Gasteiger partial charge >= 0.3 is 0 Å². The quantitative estimate of drug-likeness (QED) is 0.711. The minimum Gasteiger partial charge on any atom is -0.497 e. The Kier molecular flexibility index (Phi) is 2.72. The molecule has 0 saturated heterocycles. The molecule has 0 saturated carbocycles. The number of ketones is 1. The molecule has 0 fully saturated rings. The van der Waals surface area contributed by atoms with E-state index < -0.39 is 0 Å². The standard InChI is InChI=1S/C17H13N3O2/c1-22-11-6-7-12-10(8-11)9-13-16(12)19-20-17(13)18-14-4-2-3-5-15(14)21/h2-9,19-20H,1H3/b18-14-. The van der Waals surface area contributed by atoms with Crippen molar-refractivity contribution in [3.05, 3.63) is 48.6 Å². The van der Waals surface area contributed by atoms with E-state index in [1.165, 1.54) is 6.08 Å². The molecular weight excluding hydrogens is 278 g/mol. The number of benzene rings is 1. The van der Waals surface area contributed by atoms with Crippen LogP contribution in [0.2, 0.25) is 0 Å². The monoisotopic (exact) mass is 291 g/mol. The number of carbonyl (C=O) groups is 1. The highest BCUT2D eigenvalue weighted by Gasteiger charge is 2.18. The summed E-state index contributed by atoms with van der Waals surface area (Å²) in [5.41, 5.74) is 2.34. The molecule has 0 unspecified atom stereocenters. The maximum absolute atomic E-state index is 11.8. The lowest BCUT2D eigenvalue weighted by Gasteiger charge is -1.99. The van der Waals surface area contributed by atoms with Gasteiger partial charge in [0.1, 0.15) is 11.5 Å². The van der Waals surface area contributed by atoms with E-state index in [4.69, 9.17) is 4.74 Å². The van der Waals surface area contributed by atoms with Crippen molar-refractivity contribution in [2.75, 3.05) is 7.11 Å². The normalized spacial score (nSPS) is 16.2. The van der Waals surface area contributed by atoms with Crippen LogP contribution in [-0.2, 0) is 4.79 Å². The predicted octanol–water partition coefficient (Wildman–Crippen LogP) is 3.38. The van der Waals surface area contributed by atoms with Gasteiger partial charge in [-0.3, -0.25) is 15.0 Å². The summed E-state index contributed by atoms with van der Waals surface area (Å²) >= 11 is 0. The Morgan fingerprint density at radius 3 is 2.77 bits per heavy atom. The smallest absolute Gasteiger partial charge is 0.204 e. The maximum atomic E-state index is 11.8. The molecule has 4 rings (SSSR count). The number of fused-ring (bicyclic) bond motifs is 3. The lowest BCUT2D eigenvalue weighted by molar-refractivity contribution is -0.108. The van der Waals surface area contributed by atoms with Crippen LogP contribution in [0.15, 0.2) is 53.6 Å². The molecule has 0 radical (unpaired) electrons. The van der Waals surface area contributed by atoms with Crippen LogP contribution >= 0.6 is 0 Å². The second-order valence-corrected chi connectivity index (χ2v) is 5.06. The average molecular weight is 291 g/mol. The molecule has 1 heterocycles.